The van der Waals surface area contributed by atoms with Crippen molar-refractivity contribution < 1.29 is 18.0 Å². The zero-order valence-corrected chi connectivity index (χ0v) is 11.1. The second kappa shape index (κ2) is 5.51. The highest BCUT2D eigenvalue weighted by Crippen LogP contribution is 2.32. The minimum Gasteiger partial charge on any atom is -0.369 e. The first kappa shape index (κ1) is 15.0. The minimum absolute atomic E-state index is 0.0478. The van der Waals surface area contributed by atoms with Gasteiger partial charge in [0.05, 0.1) is 11.3 Å². The van der Waals surface area contributed by atoms with Gasteiger partial charge in [-0.2, -0.15) is 13.2 Å². The van der Waals surface area contributed by atoms with Gasteiger partial charge in [0.2, 0.25) is 5.91 Å². The fourth-order valence-corrected chi connectivity index (χ4v) is 2.04. The number of carbonyl (C=O) groups is 1. The number of pyridine rings is 2. The average Bonchev–Trinajstić information content (AvgIpc) is 2.40. The van der Waals surface area contributed by atoms with Gasteiger partial charge in [-0.15, -0.1) is 0 Å². The largest absolute Gasteiger partial charge is 0.416 e. The number of amides is 1. The van der Waals surface area contributed by atoms with Crippen molar-refractivity contribution in [2.24, 2.45) is 5.73 Å². The van der Waals surface area contributed by atoms with Crippen LogP contribution in [0, 0.1) is 6.92 Å². The van der Waals surface area contributed by atoms with Crippen molar-refractivity contribution in [3.63, 3.8) is 0 Å². The molecule has 2 rings (SSSR count). The van der Waals surface area contributed by atoms with Gasteiger partial charge in [-0.25, -0.2) is 0 Å². The van der Waals surface area contributed by atoms with Gasteiger partial charge in [-0.1, -0.05) is 6.07 Å². The van der Waals surface area contributed by atoms with E-state index >= 15 is 0 Å². The summed E-state index contributed by atoms with van der Waals surface area (Å²) in [5.74, 6) is -1.85. The Morgan fingerprint density at radius 1 is 1.24 bits per heavy atom. The lowest BCUT2D eigenvalue weighted by Crippen LogP contribution is -2.24. The molecule has 1 amide bonds. The Morgan fingerprint density at radius 2 is 1.95 bits per heavy atom. The van der Waals surface area contributed by atoms with E-state index in [1.165, 1.54) is 6.20 Å². The smallest absolute Gasteiger partial charge is 0.369 e. The number of hydrogen-bond donors (Lipinski definition) is 1. The fourth-order valence-electron chi connectivity index (χ4n) is 2.04. The molecule has 0 spiro atoms. The molecule has 0 saturated heterocycles. The lowest BCUT2D eigenvalue weighted by Gasteiger charge is -2.16. The summed E-state index contributed by atoms with van der Waals surface area (Å²) in [4.78, 5) is 19.6. The Bertz CT molecular complexity index is 671. The molecule has 0 bridgehead atoms. The van der Waals surface area contributed by atoms with Gasteiger partial charge in [-0.05, 0) is 30.7 Å². The third-order valence-corrected chi connectivity index (χ3v) is 3.05. The summed E-state index contributed by atoms with van der Waals surface area (Å²) in [5, 5.41) is 0. The van der Waals surface area contributed by atoms with Gasteiger partial charge in [0.25, 0.3) is 0 Å². The van der Waals surface area contributed by atoms with Gasteiger partial charge in [0.15, 0.2) is 0 Å². The summed E-state index contributed by atoms with van der Waals surface area (Å²) in [7, 11) is 0. The highest BCUT2D eigenvalue weighted by molar-refractivity contribution is 5.85. The third kappa shape index (κ3) is 3.18. The van der Waals surface area contributed by atoms with Crippen molar-refractivity contribution in [1.29, 1.82) is 0 Å². The van der Waals surface area contributed by atoms with Gasteiger partial charge < -0.3 is 5.73 Å². The van der Waals surface area contributed by atoms with Crippen LogP contribution in [0.2, 0.25) is 0 Å². The van der Waals surface area contributed by atoms with E-state index in [1.807, 2.05) is 0 Å². The molecule has 0 radical (unpaired) electrons. The monoisotopic (exact) mass is 295 g/mol. The summed E-state index contributed by atoms with van der Waals surface area (Å²) in [5.41, 5.74) is 5.37. The van der Waals surface area contributed by atoms with E-state index < -0.39 is 23.6 Å². The predicted molar refractivity (Wildman–Crippen MR) is 69.3 cm³/mol. The summed E-state index contributed by atoms with van der Waals surface area (Å²) in [6, 6.07) is 4.87. The van der Waals surface area contributed by atoms with E-state index in [2.05, 4.69) is 9.97 Å². The Kier molecular flexibility index (Phi) is 3.93. The van der Waals surface area contributed by atoms with Crippen LogP contribution < -0.4 is 5.73 Å². The lowest BCUT2D eigenvalue weighted by atomic mass is 9.92. The number of nitrogens with zero attached hydrogens (tertiary/aromatic N) is 2. The summed E-state index contributed by atoms with van der Waals surface area (Å²) in [6.45, 7) is 1.65. The molecule has 0 aliphatic heterocycles. The topological polar surface area (TPSA) is 68.9 Å². The van der Waals surface area contributed by atoms with Crippen molar-refractivity contribution in [2.45, 2.75) is 19.0 Å². The molecule has 1 atom stereocenters. The first-order valence-electron chi connectivity index (χ1n) is 6.04. The second-order valence-corrected chi connectivity index (χ2v) is 4.48. The Balaban J connectivity index is 2.55. The van der Waals surface area contributed by atoms with Gasteiger partial charge in [0, 0.05) is 18.1 Å². The number of halogens is 3. The highest BCUT2D eigenvalue weighted by Gasteiger charge is 2.32. The molecule has 4 nitrogen and oxygen atoms in total. The van der Waals surface area contributed by atoms with Gasteiger partial charge in [-0.3, -0.25) is 14.8 Å². The third-order valence-electron chi connectivity index (χ3n) is 3.05. The van der Waals surface area contributed by atoms with Crippen LogP contribution in [0.3, 0.4) is 0 Å². The SMILES string of the molecule is Cc1ncccc1C(C(N)=O)c1cc(C(F)(F)F)ccn1. The number of aryl methyl sites for hydroxylation is 1. The first-order valence-corrected chi connectivity index (χ1v) is 6.04. The molecule has 0 aliphatic rings. The van der Waals surface area contributed by atoms with E-state index in [4.69, 9.17) is 5.73 Å². The maximum atomic E-state index is 12.8. The summed E-state index contributed by atoms with van der Waals surface area (Å²) < 4.78 is 38.3. The zero-order valence-electron chi connectivity index (χ0n) is 11.1. The molecular weight excluding hydrogens is 283 g/mol. The maximum absolute atomic E-state index is 12.8. The summed E-state index contributed by atoms with van der Waals surface area (Å²) >= 11 is 0. The average molecular weight is 295 g/mol. The van der Waals surface area contributed by atoms with E-state index in [0.29, 0.717) is 11.3 Å². The van der Waals surface area contributed by atoms with Crippen LogP contribution in [-0.4, -0.2) is 15.9 Å². The predicted octanol–water partition coefficient (Wildman–Crippen LogP) is 2.42. The maximum Gasteiger partial charge on any atom is 0.416 e. The van der Waals surface area contributed by atoms with Crippen molar-refractivity contribution in [3.05, 3.63) is 59.2 Å². The van der Waals surface area contributed by atoms with Gasteiger partial charge in [0.1, 0.15) is 5.92 Å². The van der Waals surface area contributed by atoms with E-state index in [0.717, 1.165) is 18.3 Å². The molecule has 110 valence electrons. The molecule has 0 aromatic carbocycles. The number of alkyl halides is 3. The molecule has 2 heterocycles. The van der Waals surface area contributed by atoms with E-state index in [-0.39, 0.29) is 5.69 Å². The normalized spacial score (nSPS) is 13.0. The quantitative estimate of drug-likeness (QED) is 0.945. The van der Waals surface area contributed by atoms with Gasteiger partial charge >= 0.3 is 6.18 Å². The molecule has 0 saturated carbocycles. The van der Waals surface area contributed by atoms with E-state index in [1.54, 1.807) is 19.1 Å². The summed E-state index contributed by atoms with van der Waals surface area (Å²) in [6.07, 6.45) is -1.97. The van der Waals surface area contributed by atoms with E-state index in [9.17, 15) is 18.0 Å². The van der Waals surface area contributed by atoms with Crippen molar-refractivity contribution in [3.8, 4) is 0 Å². The van der Waals surface area contributed by atoms with Crippen LogP contribution >= 0.6 is 0 Å². The number of primary amides is 1. The molecule has 0 aliphatic carbocycles. The first-order chi connectivity index (χ1) is 9.80. The molecule has 2 aromatic heterocycles. The second-order valence-electron chi connectivity index (χ2n) is 4.48. The number of hydrogen-bond acceptors (Lipinski definition) is 3. The Hall–Kier alpha value is -2.44. The minimum atomic E-state index is -4.51. The fraction of sp³-hybridized carbons (Fsp3) is 0.214. The number of rotatable bonds is 3. The molecular formula is C14H12F3N3O. The van der Waals surface area contributed by atoms with Crippen LogP contribution in [0.4, 0.5) is 13.2 Å². The number of aromatic nitrogens is 2. The molecule has 1 unspecified atom stereocenters. The van der Waals surface area contributed by atoms with Crippen LogP contribution in [0.25, 0.3) is 0 Å². The van der Waals surface area contributed by atoms with Crippen molar-refractivity contribution in [1.82, 2.24) is 9.97 Å². The number of nitrogens with two attached hydrogens (primary N) is 1. The van der Waals surface area contributed by atoms with Crippen LogP contribution in [0.15, 0.2) is 36.7 Å². The van der Waals surface area contributed by atoms with Crippen LogP contribution in [0.1, 0.15) is 28.4 Å². The molecule has 21 heavy (non-hydrogen) atoms. The molecule has 7 heteroatoms. The molecule has 2 aromatic rings. The Labute approximate surface area is 118 Å². The Morgan fingerprint density at radius 3 is 2.52 bits per heavy atom. The standard InChI is InChI=1S/C14H12F3N3O/c1-8-10(3-2-5-19-8)12(13(18)21)11-7-9(4-6-20-11)14(15,16)17/h2-7,12H,1H3,(H2,18,21). The highest BCUT2D eigenvalue weighted by atomic mass is 19.4. The van der Waals surface area contributed by atoms with Crippen molar-refractivity contribution in [2.75, 3.05) is 0 Å². The van der Waals surface area contributed by atoms with Crippen LogP contribution in [-0.2, 0) is 11.0 Å². The molecule has 0 fully saturated rings. The number of carbonyl (C=O) groups excluding carboxylic acids is 1. The van der Waals surface area contributed by atoms with Crippen LogP contribution in [0.5, 0.6) is 0 Å². The zero-order chi connectivity index (χ0) is 15.6. The van der Waals surface area contributed by atoms with Crippen molar-refractivity contribution >= 4 is 5.91 Å². The lowest BCUT2D eigenvalue weighted by molar-refractivity contribution is -0.137. The molecule has 2 N–H and O–H groups in total.